The van der Waals surface area contributed by atoms with Crippen LogP contribution in [0.3, 0.4) is 0 Å². The minimum Gasteiger partial charge on any atom is -0.486 e. The minimum absolute atomic E-state index is 0.150. The number of likely N-dealkylation sites (N-methyl/N-ethyl adjacent to an activating group) is 1. The van der Waals surface area contributed by atoms with Gasteiger partial charge in [0.1, 0.15) is 19.0 Å². The molecule has 0 saturated carbocycles. The highest BCUT2D eigenvalue weighted by molar-refractivity contribution is 6.32. The van der Waals surface area contributed by atoms with Gasteiger partial charge in [-0.3, -0.25) is 9.59 Å². The summed E-state index contributed by atoms with van der Waals surface area (Å²) in [6, 6.07) is 8.77. The van der Waals surface area contributed by atoms with Gasteiger partial charge in [0.2, 0.25) is 11.8 Å². The Balaban J connectivity index is 1.58. The van der Waals surface area contributed by atoms with Crippen LogP contribution in [0.15, 0.2) is 42.5 Å². The SMILES string of the molecule is CN(CC(=O)Nc1ccc(F)cc1)C(=O)/C=C/c1cc(Cl)c2c(c1)OCCO2. The van der Waals surface area contributed by atoms with Crippen molar-refractivity contribution in [2.45, 2.75) is 0 Å². The molecule has 8 heteroatoms. The zero-order valence-electron chi connectivity index (χ0n) is 15.1. The van der Waals surface area contributed by atoms with Gasteiger partial charge in [-0.25, -0.2) is 4.39 Å². The predicted octanol–water partition coefficient (Wildman–Crippen LogP) is 3.36. The van der Waals surface area contributed by atoms with Gasteiger partial charge in [0.15, 0.2) is 11.5 Å². The van der Waals surface area contributed by atoms with E-state index in [2.05, 4.69) is 5.32 Å². The van der Waals surface area contributed by atoms with E-state index in [9.17, 15) is 14.0 Å². The van der Waals surface area contributed by atoms with E-state index in [-0.39, 0.29) is 12.5 Å². The van der Waals surface area contributed by atoms with Crippen LogP contribution in [0.4, 0.5) is 10.1 Å². The first-order chi connectivity index (χ1) is 13.4. The second-order valence-electron chi connectivity index (χ2n) is 6.11. The Morgan fingerprint density at radius 2 is 1.93 bits per heavy atom. The largest absolute Gasteiger partial charge is 0.486 e. The third kappa shape index (κ3) is 5.01. The standard InChI is InChI=1S/C20H18ClFN2O4/c1-24(12-18(25)23-15-5-3-14(22)4-6-15)19(26)7-2-13-10-16(21)20-17(11-13)27-8-9-28-20/h2-7,10-11H,8-9,12H2,1H3,(H,23,25)/b7-2+. The summed E-state index contributed by atoms with van der Waals surface area (Å²) in [4.78, 5) is 25.5. The number of hydrogen-bond donors (Lipinski definition) is 1. The van der Waals surface area contributed by atoms with Crippen LogP contribution in [0.1, 0.15) is 5.56 Å². The minimum atomic E-state index is -0.394. The molecule has 0 aromatic heterocycles. The molecule has 2 aromatic rings. The summed E-state index contributed by atoms with van der Waals surface area (Å²) >= 11 is 6.17. The van der Waals surface area contributed by atoms with Crippen LogP contribution in [0.25, 0.3) is 6.08 Å². The second-order valence-corrected chi connectivity index (χ2v) is 6.52. The molecular weight excluding hydrogens is 387 g/mol. The Morgan fingerprint density at radius 3 is 2.68 bits per heavy atom. The van der Waals surface area contributed by atoms with Gasteiger partial charge in [-0.1, -0.05) is 11.6 Å². The number of anilines is 1. The highest BCUT2D eigenvalue weighted by Gasteiger charge is 2.16. The number of amides is 2. The van der Waals surface area contributed by atoms with Crippen LogP contribution >= 0.6 is 11.6 Å². The number of carbonyl (C=O) groups is 2. The molecule has 1 N–H and O–H groups in total. The number of carbonyl (C=O) groups excluding carboxylic acids is 2. The topological polar surface area (TPSA) is 67.9 Å². The molecule has 3 rings (SSSR count). The lowest BCUT2D eigenvalue weighted by molar-refractivity contribution is -0.129. The van der Waals surface area contributed by atoms with E-state index in [4.69, 9.17) is 21.1 Å². The van der Waals surface area contributed by atoms with Crippen molar-refractivity contribution in [3.63, 3.8) is 0 Å². The maximum absolute atomic E-state index is 12.9. The molecule has 1 aliphatic rings. The Bertz CT molecular complexity index is 915. The van der Waals surface area contributed by atoms with Gasteiger partial charge < -0.3 is 19.7 Å². The maximum atomic E-state index is 12.9. The number of fused-ring (bicyclic) bond motifs is 1. The first-order valence-corrected chi connectivity index (χ1v) is 8.88. The molecule has 1 aliphatic heterocycles. The number of benzene rings is 2. The summed E-state index contributed by atoms with van der Waals surface area (Å²) in [6.45, 7) is 0.717. The number of nitrogens with one attached hydrogen (secondary N) is 1. The van der Waals surface area contributed by atoms with E-state index in [0.717, 1.165) is 0 Å². The van der Waals surface area contributed by atoms with Crippen LogP contribution in [0.5, 0.6) is 11.5 Å². The molecule has 0 unspecified atom stereocenters. The summed E-state index contributed by atoms with van der Waals surface area (Å²) in [7, 11) is 1.51. The van der Waals surface area contributed by atoms with Crippen LogP contribution in [-0.2, 0) is 9.59 Å². The molecule has 2 aromatic carbocycles. The molecule has 0 aliphatic carbocycles. The molecular formula is C20H18ClFN2O4. The molecule has 1 heterocycles. The number of hydrogen-bond acceptors (Lipinski definition) is 4. The van der Waals surface area contributed by atoms with Crippen molar-refractivity contribution in [2.24, 2.45) is 0 Å². The van der Waals surface area contributed by atoms with Gasteiger partial charge in [0.25, 0.3) is 0 Å². The highest BCUT2D eigenvalue weighted by atomic mass is 35.5. The van der Waals surface area contributed by atoms with E-state index in [1.54, 1.807) is 18.2 Å². The Morgan fingerprint density at radius 1 is 1.21 bits per heavy atom. The Kier molecular flexibility index (Phi) is 6.16. The predicted molar refractivity (Wildman–Crippen MR) is 104 cm³/mol. The Hall–Kier alpha value is -3.06. The van der Waals surface area contributed by atoms with Crippen molar-refractivity contribution in [1.29, 1.82) is 0 Å². The van der Waals surface area contributed by atoms with Gasteiger partial charge in [-0.15, -0.1) is 0 Å². The third-order valence-electron chi connectivity index (χ3n) is 3.92. The number of ether oxygens (including phenoxy) is 2. The van der Waals surface area contributed by atoms with E-state index < -0.39 is 11.7 Å². The van der Waals surface area contributed by atoms with E-state index in [0.29, 0.717) is 41.0 Å². The van der Waals surface area contributed by atoms with Crippen LogP contribution in [0.2, 0.25) is 5.02 Å². The molecule has 2 amide bonds. The molecule has 28 heavy (non-hydrogen) atoms. The summed E-state index contributed by atoms with van der Waals surface area (Å²) in [6.07, 6.45) is 2.92. The monoisotopic (exact) mass is 404 g/mol. The smallest absolute Gasteiger partial charge is 0.246 e. The summed E-state index contributed by atoms with van der Waals surface area (Å²) in [5.41, 5.74) is 1.13. The fourth-order valence-electron chi connectivity index (χ4n) is 2.55. The molecule has 6 nitrogen and oxygen atoms in total. The van der Waals surface area contributed by atoms with Crippen LogP contribution in [-0.4, -0.2) is 43.5 Å². The third-order valence-corrected chi connectivity index (χ3v) is 4.20. The average molecular weight is 405 g/mol. The van der Waals surface area contributed by atoms with Gasteiger partial charge in [-0.2, -0.15) is 0 Å². The van der Waals surface area contributed by atoms with Crippen molar-refractivity contribution in [2.75, 3.05) is 32.1 Å². The number of nitrogens with zero attached hydrogens (tertiary/aromatic N) is 1. The quantitative estimate of drug-likeness (QED) is 0.776. The lowest BCUT2D eigenvalue weighted by Gasteiger charge is -2.19. The summed E-state index contributed by atoms with van der Waals surface area (Å²) in [5.74, 6) is -0.128. The van der Waals surface area contributed by atoms with Gasteiger partial charge in [0, 0.05) is 18.8 Å². The lowest BCUT2D eigenvalue weighted by atomic mass is 10.1. The van der Waals surface area contributed by atoms with Crippen molar-refractivity contribution in [1.82, 2.24) is 4.90 Å². The average Bonchev–Trinajstić information content (AvgIpc) is 2.68. The molecule has 0 atom stereocenters. The molecule has 0 spiro atoms. The normalized spacial score (nSPS) is 12.7. The second kappa shape index (κ2) is 8.75. The lowest BCUT2D eigenvalue weighted by Crippen LogP contribution is -2.33. The van der Waals surface area contributed by atoms with E-state index in [1.165, 1.54) is 42.3 Å². The Labute approximate surface area is 166 Å². The van der Waals surface area contributed by atoms with Crippen LogP contribution in [0, 0.1) is 5.82 Å². The fraction of sp³-hybridized carbons (Fsp3) is 0.200. The molecule has 0 saturated heterocycles. The van der Waals surface area contributed by atoms with Gasteiger partial charge in [0.05, 0.1) is 11.6 Å². The summed E-state index contributed by atoms with van der Waals surface area (Å²) in [5, 5.41) is 3.00. The molecule has 146 valence electrons. The van der Waals surface area contributed by atoms with E-state index in [1.807, 2.05) is 0 Å². The zero-order chi connectivity index (χ0) is 20.1. The van der Waals surface area contributed by atoms with Gasteiger partial charge >= 0.3 is 0 Å². The van der Waals surface area contributed by atoms with Gasteiger partial charge in [-0.05, 0) is 48.0 Å². The highest BCUT2D eigenvalue weighted by Crippen LogP contribution is 2.38. The fourth-order valence-corrected chi connectivity index (χ4v) is 2.82. The number of rotatable bonds is 5. The first kappa shape index (κ1) is 19.7. The number of halogens is 2. The summed E-state index contributed by atoms with van der Waals surface area (Å²) < 4.78 is 23.8. The first-order valence-electron chi connectivity index (χ1n) is 8.50. The molecule has 0 radical (unpaired) electrons. The maximum Gasteiger partial charge on any atom is 0.246 e. The zero-order valence-corrected chi connectivity index (χ0v) is 15.8. The van der Waals surface area contributed by atoms with Crippen molar-refractivity contribution in [3.8, 4) is 11.5 Å². The van der Waals surface area contributed by atoms with E-state index >= 15 is 0 Å². The molecule has 0 bridgehead atoms. The van der Waals surface area contributed by atoms with Crippen molar-refractivity contribution >= 4 is 35.2 Å². The van der Waals surface area contributed by atoms with Crippen molar-refractivity contribution < 1.29 is 23.5 Å². The van der Waals surface area contributed by atoms with Crippen molar-refractivity contribution in [3.05, 3.63) is 58.9 Å². The molecule has 0 fully saturated rings. The van der Waals surface area contributed by atoms with Crippen LogP contribution < -0.4 is 14.8 Å².